The molecule has 122 valence electrons. The molecule has 1 aliphatic rings. The fourth-order valence-electron chi connectivity index (χ4n) is 3.56. The first kappa shape index (κ1) is 16.2. The normalized spacial score (nSPS) is 17.8. The van der Waals surface area contributed by atoms with Crippen LogP contribution in [-0.4, -0.2) is 29.4 Å². The molecule has 1 fully saturated rings. The molecule has 1 N–H and O–H groups in total. The van der Waals surface area contributed by atoms with Crippen molar-refractivity contribution in [1.29, 1.82) is 0 Å². The zero-order valence-electron chi connectivity index (χ0n) is 13.5. The summed E-state index contributed by atoms with van der Waals surface area (Å²) in [5.41, 5.74) is 0.611. The van der Waals surface area contributed by atoms with Crippen LogP contribution >= 0.6 is 0 Å². The van der Waals surface area contributed by atoms with Crippen molar-refractivity contribution in [3.63, 3.8) is 0 Å². The van der Waals surface area contributed by atoms with Crippen LogP contribution in [0.1, 0.15) is 36.8 Å². The van der Waals surface area contributed by atoms with Crippen LogP contribution in [0.4, 0.5) is 0 Å². The van der Waals surface area contributed by atoms with E-state index in [0.717, 1.165) is 30.4 Å². The lowest BCUT2D eigenvalue weighted by molar-refractivity contribution is -0.886. The van der Waals surface area contributed by atoms with Crippen molar-refractivity contribution in [3.8, 4) is 0 Å². The van der Waals surface area contributed by atoms with Crippen LogP contribution < -0.4 is 0 Å². The highest BCUT2D eigenvalue weighted by molar-refractivity contribution is 5.35. The summed E-state index contributed by atoms with van der Waals surface area (Å²) in [4.78, 5) is 0. The topological polar surface area (TPSA) is 43.3 Å². The zero-order valence-corrected chi connectivity index (χ0v) is 13.5. The Morgan fingerprint density at radius 2 is 1.30 bits per heavy atom. The highest BCUT2D eigenvalue weighted by atomic mass is 16.5. The maximum absolute atomic E-state index is 12.9. The van der Waals surface area contributed by atoms with Gasteiger partial charge in [0.05, 0.1) is 19.6 Å². The van der Waals surface area contributed by atoms with E-state index in [1.54, 1.807) is 0 Å². The van der Waals surface area contributed by atoms with Gasteiger partial charge in [-0.3, -0.25) is 0 Å². The van der Waals surface area contributed by atoms with Gasteiger partial charge in [-0.25, -0.2) is 0 Å². The van der Waals surface area contributed by atoms with E-state index in [-0.39, 0.29) is 4.65 Å². The molecule has 2 aromatic rings. The first-order valence-electron chi connectivity index (χ1n) is 8.53. The average Bonchev–Trinajstić information content (AvgIpc) is 2.62. The van der Waals surface area contributed by atoms with Gasteiger partial charge in [-0.05, 0) is 30.4 Å². The smallest absolute Gasteiger partial charge is 0.120 e. The van der Waals surface area contributed by atoms with Crippen molar-refractivity contribution >= 4 is 0 Å². The molecule has 3 heteroatoms. The predicted molar refractivity (Wildman–Crippen MR) is 92.6 cm³/mol. The number of benzene rings is 2. The van der Waals surface area contributed by atoms with E-state index >= 15 is 0 Å². The maximum atomic E-state index is 12.9. The van der Waals surface area contributed by atoms with Crippen molar-refractivity contribution in [2.75, 3.05) is 19.6 Å². The Kier molecular flexibility index (Phi) is 4.81. The molecule has 23 heavy (non-hydrogen) atoms. The lowest BCUT2D eigenvalue weighted by atomic mass is 9.83. The average molecular weight is 311 g/mol. The van der Waals surface area contributed by atoms with Crippen LogP contribution in [0.15, 0.2) is 60.7 Å². The number of likely N-dealkylation sites (tertiary alicyclic amines) is 1. The van der Waals surface area contributed by atoms with Gasteiger partial charge in [0, 0.05) is 6.42 Å². The van der Waals surface area contributed by atoms with Crippen LogP contribution in [0.5, 0.6) is 0 Å². The standard InChI is InChI=1S/C20H25NO2/c22-20(18-10-4-1-5-11-18,19-12-6-2-7-13-19)14-17-21(23)15-8-3-9-16-21/h1-2,4-7,10-13,22H,3,8-9,14-17H2. The van der Waals surface area contributed by atoms with Gasteiger partial charge in [-0.2, -0.15) is 0 Å². The van der Waals surface area contributed by atoms with Gasteiger partial charge >= 0.3 is 0 Å². The molecular formula is C20H25NO2. The van der Waals surface area contributed by atoms with Crippen LogP contribution in [0.25, 0.3) is 0 Å². The van der Waals surface area contributed by atoms with Gasteiger partial charge in [0.15, 0.2) is 0 Å². The van der Waals surface area contributed by atoms with E-state index in [4.69, 9.17) is 0 Å². The van der Waals surface area contributed by atoms with Crippen LogP contribution in [0.3, 0.4) is 0 Å². The van der Waals surface area contributed by atoms with E-state index in [9.17, 15) is 10.3 Å². The Hall–Kier alpha value is -1.68. The van der Waals surface area contributed by atoms with Gasteiger partial charge in [0.1, 0.15) is 5.60 Å². The Balaban J connectivity index is 1.87. The Labute approximate surface area is 138 Å². The van der Waals surface area contributed by atoms with E-state index in [2.05, 4.69) is 0 Å². The predicted octanol–water partition coefficient (Wildman–Crippen LogP) is 3.81. The molecule has 0 atom stereocenters. The number of piperidine rings is 1. The molecular weight excluding hydrogens is 286 g/mol. The second kappa shape index (κ2) is 6.83. The number of hydrogen-bond donors (Lipinski definition) is 1. The summed E-state index contributed by atoms with van der Waals surface area (Å²) in [5.74, 6) is 0. The molecule has 0 amide bonds. The zero-order chi connectivity index (χ0) is 16.2. The molecule has 2 aromatic carbocycles. The molecule has 0 bridgehead atoms. The monoisotopic (exact) mass is 311 g/mol. The quantitative estimate of drug-likeness (QED) is 0.674. The van der Waals surface area contributed by atoms with Gasteiger partial charge < -0.3 is 15.0 Å². The minimum absolute atomic E-state index is 0.165. The van der Waals surface area contributed by atoms with Gasteiger partial charge in [0.25, 0.3) is 0 Å². The van der Waals surface area contributed by atoms with Crippen molar-refractivity contribution in [2.45, 2.75) is 31.3 Å². The molecule has 3 rings (SSSR count). The van der Waals surface area contributed by atoms with Crippen molar-refractivity contribution in [3.05, 3.63) is 77.0 Å². The fraction of sp³-hybridized carbons (Fsp3) is 0.400. The summed E-state index contributed by atoms with van der Waals surface area (Å²) in [6, 6.07) is 19.4. The second-order valence-electron chi connectivity index (χ2n) is 6.63. The maximum Gasteiger partial charge on any atom is 0.120 e. The van der Waals surface area contributed by atoms with Crippen LogP contribution in [-0.2, 0) is 5.60 Å². The van der Waals surface area contributed by atoms with E-state index in [1.165, 1.54) is 0 Å². The first-order chi connectivity index (χ1) is 11.1. The molecule has 0 saturated carbocycles. The lowest BCUT2D eigenvalue weighted by Crippen LogP contribution is -2.48. The molecule has 3 nitrogen and oxygen atoms in total. The number of aliphatic hydroxyl groups is 1. The summed E-state index contributed by atoms with van der Waals surface area (Å²) < 4.78 is -0.165. The SMILES string of the molecule is [O-][N+]1(CCC(O)(c2ccccc2)c2ccccc2)CCCCC1. The Morgan fingerprint density at radius 3 is 1.78 bits per heavy atom. The minimum atomic E-state index is -1.10. The number of nitrogens with zero attached hydrogens (tertiary/aromatic N) is 1. The largest absolute Gasteiger partial charge is 0.633 e. The van der Waals surface area contributed by atoms with Gasteiger partial charge in [-0.1, -0.05) is 60.7 Å². The molecule has 0 unspecified atom stereocenters. The van der Waals surface area contributed by atoms with E-state index < -0.39 is 5.60 Å². The molecule has 1 saturated heterocycles. The summed E-state index contributed by atoms with van der Waals surface area (Å²) >= 11 is 0. The van der Waals surface area contributed by atoms with Crippen molar-refractivity contribution in [1.82, 2.24) is 0 Å². The molecule has 0 radical (unpaired) electrons. The van der Waals surface area contributed by atoms with Crippen molar-refractivity contribution < 1.29 is 9.75 Å². The minimum Gasteiger partial charge on any atom is -0.633 e. The fourth-order valence-corrected chi connectivity index (χ4v) is 3.56. The summed E-state index contributed by atoms with van der Waals surface area (Å²) in [6.07, 6.45) is 3.60. The first-order valence-corrected chi connectivity index (χ1v) is 8.53. The van der Waals surface area contributed by atoms with Gasteiger partial charge in [0.2, 0.25) is 0 Å². The van der Waals surface area contributed by atoms with Crippen LogP contribution in [0.2, 0.25) is 0 Å². The molecule has 0 aliphatic carbocycles. The Morgan fingerprint density at radius 1 is 0.826 bits per heavy atom. The highest BCUT2D eigenvalue weighted by Crippen LogP contribution is 2.34. The number of hydrogen-bond acceptors (Lipinski definition) is 2. The Bertz CT molecular complexity index is 567. The number of quaternary nitrogens is 1. The lowest BCUT2D eigenvalue weighted by Gasteiger charge is -2.47. The third-order valence-electron chi connectivity index (χ3n) is 5.02. The number of hydroxylamine groups is 3. The molecule has 0 spiro atoms. The van der Waals surface area contributed by atoms with E-state index in [1.807, 2.05) is 60.7 Å². The molecule has 0 aromatic heterocycles. The second-order valence-corrected chi connectivity index (χ2v) is 6.63. The molecule has 1 aliphatic heterocycles. The molecule has 1 heterocycles. The summed E-state index contributed by atoms with van der Waals surface area (Å²) in [6.45, 7) is 1.82. The summed E-state index contributed by atoms with van der Waals surface area (Å²) in [7, 11) is 0. The third kappa shape index (κ3) is 3.63. The summed E-state index contributed by atoms with van der Waals surface area (Å²) in [5, 5.41) is 24.3. The highest BCUT2D eigenvalue weighted by Gasteiger charge is 2.34. The van der Waals surface area contributed by atoms with Crippen molar-refractivity contribution in [2.24, 2.45) is 0 Å². The van der Waals surface area contributed by atoms with E-state index in [0.29, 0.717) is 26.1 Å². The third-order valence-corrected chi connectivity index (χ3v) is 5.02. The number of rotatable bonds is 5. The van der Waals surface area contributed by atoms with Gasteiger partial charge in [-0.15, -0.1) is 0 Å². The van der Waals surface area contributed by atoms with Crippen LogP contribution in [0, 0.1) is 5.21 Å².